The van der Waals surface area contributed by atoms with Gasteiger partial charge in [-0.25, -0.2) is 0 Å². The van der Waals surface area contributed by atoms with Gasteiger partial charge in [0.15, 0.2) is 0 Å². The maximum Gasteiger partial charge on any atom is 0.0216 e. The molecule has 0 amide bonds. The first-order valence-electron chi connectivity index (χ1n) is 4.51. The zero-order valence-corrected chi connectivity index (χ0v) is 7.71. The number of rotatable bonds is 2. The van der Waals surface area contributed by atoms with E-state index in [9.17, 15) is 0 Å². The molecule has 2 rings (SSSR count). The van der Waals surface area contributed by atoms with Crippen LogP contribution in [0.5, 0.6) is 0 Å². The second-order valence-electron chi connectivity index (χ2n) is 3.84. The molecule has 2 heteroatoms. The highest BCUT2D eigenvalue weighted by molar-refractivity contribution is 5.30. The summed E-state index contributed by atoms with van der Waals surface area (Å²) in [6.07, 6.45) is 1.99. The normalized spacial score (nSPS) is 25.1. The van der Waals surface area contributed by atoms with Crippen molar-refractivity contribution >= 4 is 0 Å². The van der Waals surface area contributed by atoms with Crippen LogP contribution in [0, 0.1) is 0 Å². The average Bonchev–Trinajstić information content (AvgIpc) is 2.44. The standard InChI is InChI=1S/C10H16N2/c1-3-4-12-7-9-5-11(2)6-10(9)8-12/h3H,1,4-8H2,2H3. The monoisotopic (exact) mass is 164 g/mol. The highest BCUT2D eigenvalue weighted by Gasteiger charge is 2.26. The molecule has 0 radical (unpaired) electrons. The molecular formula is C10H16N2. The van der Waals surface area contributed by atoms with Crippen LogP contribution in [0.1, 0.15) is 0 Å². The fourth-order valence-electron chi connectivity index (χ4n) is 2.16. The van der Waals surface area contributed by atoms with E-state index < -0.39 is 0 Å². The molecule has 2 nitrogen and oxygen atoms in total. The van der Waals surface area contributed by atoms with Gasteiger partial charge in [-0.15, -0.1) is 6.58 Å². The third-order valence-electron chi connectivity index (χ3n) is 2.64. The van der Waals surface area contributed by atoms with Crippen LogP contribution in [-0.2, 0) is 0 Å². The van der Waals surface area contributed by atoms with Gasteiger partial charge in [0.2, 0.25) is 0 Å². The molecule has 12 heavy (non-hydrogen) atoms. The molecule has 0 fully saturated rings. The summed E-state index contributed by atoms with van der Waals surface area (Å²) in [6.45, 7) is 9.51. The van der Waals surface area contributed by atoms with E-state index in [1.54, 1.807) is 11.1 Å². The second-order valence-corrected chi connectivity index (χ2v) is 3.84. The van der Waals surface area contributed by atoms with Crippen LogP contribution in [0.25, 0.3) is 0 Å². The Morgan fingerprint density at radius 3 is 2.33 bits per heavy atom. The first-order chi connectivity index (χ1) is 5.79. The molecule has 0 unspecified atom stereocenters. The lowest BCUT2D eigenvalue weighted by Gasteiger charge is -2.18. The molecule has 0 aliphatic carbocycles. The van der Waals surface area contributed by atoms with Crippen LogP contribution in [0.3, 0.4) is 0 Å². The topological polar surface area (TPSA) is 6.48 Å². The second kappa shape index (κ2) is 3.04. The Labute approximate surface area is 74.2 Å². The first-order valence-corrected chi connectivity index (χ1v) is 4.51. The maximum absolute atomic E-state index is 3.76. The first kappa shape index (κ1) is 8.02. The fraction of sp³-hybridized carbons (Fsp3) is 0.600. The third-order valence-corrected chi connectivity index (χ3v) is 2.64. The van der Waals surface area contributed by atoms with E-state index in [0.29, 0.717) is 0 Å². The van der Waals surface area contributed by atoms with Gasteiger partial charge in [-0.3, -0.25) is 9.80 Å². The molecule has 0 saturated heterocycles. The molecule has 0 aromatic carbocycles. The predicted octanol–water partition coefficient (Wildman–Crippen LogP) is 0.730. The quantitative estimate of drug-likeness (QED) is 0.555. The van der Waals surface area contributed by atoms with Crippen molar-refractivity contribution in [3.63, 3.8) is 0 Å². The van der Waals surface area contributed by atoms with Gasteiger partial charge in [-0.1, -0.05) is 6.08 Å². The lowest BCUT2D eigenvalue weighted by molar-refractivity contribution is 0.337. The largest absolute Gasteiger partial charge is 0.298 e. The molecule has 0 spiro atoms. The molecule has 2 aliphatic heterocycles. The molecule has 0 atom stereocenters. The minimum Gasteiger partial charge on any atom is -0.298 e. The van der Waals surface area contributed by atoms with E-state index >= 15 is 0 Å². The van der Waals surface area contributed by atoms with E-state index in [-0.39, 0.29) is 0 Å². The van der Waals surface area contributed by atoms with Crippen LogP contribution in [-0.4, -0.2) is 49.6 Å². The zero-order chi connectivity index (χ0) is 8.55. The Bertz CT molecular complexity index is 212. The van der Waals surface area contributed by atoms with Crippen LogP contribution in [0.4, 0.5) is 0 Å². The van der Waals surface area contributed by atoms with Crippen molar-refractivity contribution < 1.29 is 0 Å². The Balaban J connectivity index is 1.94. The molecule has 0 aromatic rings. The predicted molar refractivity (Wildman–Crippen MR) is 51.2 cm³/mol. The number of nitrogens with zero attached hydrogens (tertiary/aromatic N) is 2. The summed E-state index contributed by atoms with van der Waals surface area (Å²) in [4.78, 5) is 4.83. The molecule has 2 aliphatic rings. The van der Waals surface area contributed by atoms with Crippen LogP contribution in [0.2, 0.25) is 0 Å². The van der Waals surface area contributed by atoms with Crippen molar-refractivity contribution in [3.8, 4) is 0 Å². The van der Waals surface area contributed by atoms with Crippen molar-refractivity contribution in [2.24, 2.45) is 0 Å². The Kier molecular flexibility index (Phi) is 2.03. The number of hydrogen-bond donors (Lipinski definition) is 0. The SMILES string of the molecule is C=CCN1CC2=C(CN(C)C2)C1. The fourth-order valence-corrected chi connectivity index (χ4v) is 2.16. The minimum absolute atomic E-state index is 1.04. The molecule has 2 heterocycles. The van der Waals surface area contributed by atoms with E-state index in [0.717, 1.165) is 6.54 Å². The van der Waals surface area contributed by atoms with E-state index in [1.165, 1.54) is 26.2 Å². The zero-order valence-electron chi connectivity index (χ0n) is 7.71. The molecular weight excluding hydrogens is 148 g/mol. The van der Waals surface area contributed by atoms with Crippen LogP contribution in [0.15, 0.2) is 23.8 Å². The summed E-state index contributed by atoms with van der Waals surface area (Å²) >= 11 is 0. The molecule has 66 valence electrons. The van der Waals surface area contributed by atoms with Crippen molar-refractivity contribution in [1.29, 1.82) is 0 Å². The smallest absolute Gasteiger partial charge is 0.0216 e. The van der Waals surface area contributed by atoms with E-state index in [4.69, 9.17) is 0 Å². The van der Waals surface area contributed by atoms with Crippen LogP contribution >= 0.6 is 0 Å². The number of likely N-dealkylation sites (N-methyl/N-ethyl adjacent to an activating group) is 1. The Morgan fingerprint density at radius 1 is 1.25 bits per heavy atom. The van der Waals surface area contributed by atoms with Gasteiger partial charge in [0, 0.05) is 32.7 Å². The van der Waals surface area contributed by atoms with Gasteiger partial charge in [0.05, 0.1) is 0 Å². The summed E-state index contributed by atoms with van der Waals surface area (Å²) in [5, 5.41) is 0. The lowest BCUT2D eigenvalue weighted by atomic mass is 10.2. The summed E-state index contributed by atoms with van der Waals surface area (Å²) in [7, 11) is 2.19. The van der Waals surface area contributed by atoms with Gasteiger partial charge >= 0.3 is 0 Å². The molecule has 0 aromatic heterocycles. The van der Waals surface area contributed by atoms with Gasteiger partial charge in [0.1, 0.15) is 0 Å². The highest BCUT2D eigenvalue weighted by Crippen LogP contribution is 2.23. The Morgan fingerprint density at radius 2 is 1.83 bits per heavy atom. The lowest BCUT2D eigenvalue weighted by Crippen LogP contribution is -2.27. The van der Waals surface area contributed by atoms with Gasteiger partial charge in [0.25, 0.3) is 0 Å². The van der Waals surface area contributed by atoms with Crippen molar-refractivity contribution in [2.75, 3.05) is 39.8 Å². The van der Waals surface area contributed by atoms with Crippen molar-refractivity contribution in [2.45, 2.75) is 0 Å². The van der Waals surface area contributed by atoms with Crippen molar-refractivity contribution in [3.05, 3.63) is 23.8 Å². The average molecular weight is 164 g/mol. The van der Waals surface area contributed by atoms with Gasteiger partial charge < -0.3 is 0 Å². The van der Waals surface area contributed by atoms with Gasteiger partial charge in [-0.05, 0) is 18.2 Å². The van der Waals surface area contributed by atoms with Crippen LogP contribution < -0.4 is 0 Å². The summed E-state index contributed by atoms with van der Waals surface area (Å²) in [5.74, 6) is 0. The molecule has 0 saturated carbocycles. The summed E-state index contributed by atoms with van der Waals surface area (Å²) in [5.41, 5.74) is 3.30. The van der Waals surface area contributed by atoms with Gasteiger partial charge in [-0.2, -0.15) is 0 Å². The third kappa shape index (κ3) is 1.32. The summed E-state index contributed by atoms with van der Waals surface area (Å²) in [6, 6.07) is 0. The van der Waals surface area contributed by atoms with E-state index in [2.05, 4.69) is 23.4 Å². The van der Waals surface area contributed by atoms with E-state index in [1.807, 2.05) is 6.08 Å². The minimum atomic E-state index is 1.04. The number of hydrogen-bond acceptors (Lipinski definition) is 2. The summed E-state index contributed by atoms with van der Waals surface area (Å²) < 4.78 is 0. The van der Waals surface area contributed by atoms with Crippen molar-refractivity contribution in [1.82, 2.24) is 9.80 Å². The highest BCUT2D eigenvalue weighted by atomic mass is 15.2. The molecule has 0 N–H and O–H groups in total. The Hall–Kier alpha value is -0.600. The molecule has 0 bridgehead atoms. The maximum atomic E-state index is 3.76.